The number of hydrogen-bond donors (Lipinski definition) is 0. The van der Waals surface area contributed by atoms with Gasteiger partial charge in [0.2, 0.25) is 0 Å². The van der Waals surface area contributed by atoms with Crippen LogP contribution in [0.15, 0.2) is 0 Å². The van der Waals surface area contributed by atoms with Crippen molar-refractivity contribution in [3.05, 3.63) is 0 Å². The van der Waals surface area contributed by atoms with Gasteiger partial charge in [0.05, 0.1) is 6.10 Å². The van der Waals surface area contributed by atoms with E-state index in [1.807, 2.05) is 0 Å². The van der Waals surface area contributed by atoms with Gasteiger partial charge in [0.1, 0.15) is 0 Å². The van der Waals surface area contributed by atoms with Crippen LogP contribution in [0.5, 0.6) is 0 Å². The molecular formula is C9H20O. The first-order chi connectivity index (χ1) is 4.66. The number of rotatable bonds is 5. The molecular weight excluding hydrogens is 124 g/mol. The summed E-state index contributed by atoms with van der Waals surface area (Å²) in [6.07, 6.45) is 2.86. The van der Waals surface area contributed by atoms with Gasteiger partial charge in [0, 0.05) is 6.61 Å². The number of hydrogen-bond acceptors (Lipinski definition) is 1. The predicted molar refractivity (Wildman–Crippen MR) is 45.2 cm³/mol. The van der Waals surface area contributed by atoms with Crippen LogP contribution in [0.1, 0.15) is 40.5 Å². The molecule has 0 bridgehead atoms. The van der Waals surface area contributed by atoms with Crippen molar-refractivity contribution in [2.75, 3.05) is 6.61 Å². The highest BCUT2D eigenvalue weighted by Crippen LogP contribution is 2.06. The Morgan fingerprint density at radius 3 is 2.20 bits per heavy atom. The molecule has 1 unspecified atom stereocenters. The third-order valence-corrected chi connectivity index (χ3v) is 1.76. The van der Waals surface area contributed by atoms with Crippen molar-refractivity contribution in [3.8, 4) is 0 Å². The minimum Gasteiger partial charge on any atom is -0.379 e. The summed E-state index contributed by atoms with van der Waals surface area (Å²) in [4.78, 5) is 0. The second-order valence-corrected chi connectivity index (χ2v) is 3.22. The molecule has 0 aromatic rings. The van der Waals surface area contributed by atoms with Crippen LogP contribution in [0.2, 0.25) is 0 Å². The molecule has 0 fully saturated rings. The van der Waals surface area contributed by atoms with Crippen molar-refractivity contribution in [1.29, 1.82) is 0 Å². The fourth-order valence-electron chi connectivity index (χ4n) is 0.709. The molecule has 0 amide bonds. The molecule has 0 aromatic carbocycles. The lowest BCUT2D eigenvalue weighted by Crippen LogP contribution is -2.06. The Morgan fingerprint density at radius 2 is 1.80 bits per heavy atom. The molecule has 0 saturated carbocycles. The average Bonchev–Trinajstić information content (AvgIpc) is 1.87. The maximum atomic E-state index is 5.41. The predicted octanol–water partition coefficient (Wildman–Crippen LogP) is 2.85. The first-order valence-electron chi connectivity index (χ1n) is 4.28. The largest absolute Gasteiger partial charge is 0.379 e. The van der Waals surface area contributed by atoms with E-state index in [1.165, 1.54) is 12.8 Å². The molecule has 0 N–H and O–H groups in total. The summed E-state index contributed by atoms with van der Waals surface area (Å²) in [6, 6.07) is 0. The molecule has 0 saturated heterocycles. The lowest BCUT2D eigenvalue weighted by molar-refractivity contribution is 0.0694. The van der Waals surface area contributed by atoms with Gasteiger partial charge in [-0.1, -0.05) is 20.3 Å². The first-order valence-corrected chi connectivity index (χ1v) is 4.28. The smallest absolute Gasteiger partial charge is 0.0518 e. The highest BCUT2D eigenvalue weighted by Gasteiger charge is 1.98. The second-order valence-electron chi connectivity index (χ2n) is 3.22. The average molecular weight is 144 g/mol. The van der Waals surface area contributed by atoms with Gasteiger partial charge in [-0.2, -0.15) is 0 Å². The molecule has 0 aliphatic heterocycles. The first kappa shape index (κ1) is 9.96. The summed E-state index contributed by atoms with van der Waals surface area (Å²) in [5.74, 6) is 0.818. The zero-order chi connectivity index (χ0) is 7.98. The maximum absolute atomic E-state index is 5.41. The van der Waals surface area contributed by atoms with Crippen molar-refractivity contribution < 1.29 is 4.74 Å². The van der Waals surface area contributed by atoms with E-state index in [2.05, 4.69) is 27.7 Å². The van der Waals surface area contributed by atoms with E-state index < -0.39 is 0 Å². The molecule has 0 radical (unpaired) electrons. The van der Waals surface area contributed by atoms with Gasteiger partial charge in [-0.25, -0.2) is 0 Å². The minimum absolute atomic E-state index is 0.393. The summed E-state index contributed by atoms with van der Waals surface area (Å²) < 4.78 is 5.41. The summed E-state index contributed by atoms with van der Waals surface area (Å²) >= 11 is 0. The molecule has 1 nitrogen and oxygen atoms in total. The molecule has 1 heteroatoms. The molecule has 62 valence electrons. The Morgan fingerprint density at radius 1 is 1.20 bits per heavy atom. The van der Waals surface area contributed by atoms with Crippen LogP contribution in [-0.4, -0.2) is 12.7 Å². The van der Waals surface area contributed by atoms with Crippen LogP contribution in [-0.2, 0) is 4.74 Å². The van der Waals surface area contributed by atoms with Gasteiger partial charge in [-0.05, 0) is 26.2 Å². The third-order valence-electron chi connectivity index (χ3n) is 1.76. The normalized spacial score (nSPS) is 14.1. The van der Waals surface area contributed by atoms with Gasteiger partial charge in [0.15, 0.2) is 0 Å². The highest BCUT2D eigenvalue weighted by molar-refractivity contribution is 4.48. The van der Waals surface area contributed by atoms with E-state index in [0.717, 1.165) is 12.5 Å². The van der Waals surface area contributed by atoms with Crippen LogP contribution in [0, 0.1) is 5.92 Å². The van der Waals surface area contributed by atoms with Crippen molar-refractivity contribution in [2.24, 2.45) is 5.92 Å². The Bertz CT molecular complexity index is 69.1. The molecule has 10 heavy (non-hydrogen) atoms. The van der Waals surface area contributed by atoms with Crippen LogP contribution < -0.4 is 0 Å². The van der Waals surface area contributed by atoms with E-state index in [-0.39, 0.29) is 0 Å². The number of ether oxygens (including phenoxy) is 1. The third kappa shape index (κ3) is 6.09. The Balaban J connectivity index is 3.03. The summed E-state index contributed by atoms with van der Waals surface area (Å²) in [5.41, 5.74) is 0. The summed E-state index contributed by atoms with van der Waals surface area (Å²) in [5, 5.41) is 0. The van der Waals surface area contributed by atoms with E-state index >= 15 is 0 Å². The van der Waals surface area contributed by atoms with E-state index in [4.69, 9.17) is 4.74 Å². The zero-order valence-electron chi connectivity index (χ0n) is 7.68. The van der Waals surface area contributed by atoms with Gasteiger partial charge in [-0.15, -0.1) is 0 Å². The SMILES string of the molecule is CCC(C)CCOC(C)C. The fraction of sp³-hybridized carbons (Fsp3) is 1.00. The van der Waals surface area contributed by atoms with Gasteiger partial charge in [-0.3, -0.25) is 0 Å². The molecule has 0 rings (SSSR count). The van der Waals surface area contributed by atoms with E-state index in [1.54, 1.807) is 0 Å². The van der Waals surface area contributed by atoms with Gasteiger partial charge in [0.25, 0.3) is 0 Å². The monoisotopic (exact) mass is 144 g/mol. The Hall–Kier alpha value is -0.0400. The zero-order valence-corrected chi connectivity index (χ0v) is 7.68. The van der Waals surface area contributed by atoms with E-state index in [9.17, 15) is 0 Å². The molecule has 0 aliphatic rings. The van der Waals surface area contributed by atoms with Crippen molar-refractivity contribution in [2.45, 2.75) is 46.6 Å². The maximum Gasteiger partial charge on any atom is 0.0518 e. The topological polar surface area (TPSA) is 9.23 Å². The highest BCUT2D eigenvalue weighted by atomic mass is 16.5. The lowest BCUT2D eigenvalue weighted by Gasteiger charge is -2.10. The Labute approximate surface area is 64.8 Å². The second kappa shape index (κ2) is 5.72. The van der Waals surface area contributed by atoms with Crippen LogP contribution in [0.25, 0.3) is 0 Å². The summed E-state index contributed by atoms with van der Waals surface area (Å²) in [6.45, 7) is 9.57. The fourth-order valence-corrected chi connectivity index (χ4v) is 0.709. The molecule has 0 heterocycles. The molecule has 0 aromatic heterocycles. The summed E-state index contributed by atoms with van der Waals surface area (Å²) in [7, 11) is 0. The quantitative estimate of drug-likeness (QED) is 0.576. The minimum atomic E-state index is 0.393. The lowest BCUT2D eigenvalue weighted by atomic mass is 10.1. The van der Waals surface area contributed by atoms with Crippen molar-refractivity contribution in [3.63, 3.8) is 0 Å². The Kier molecular flexibility index (Phi) is 5.70. The van der Waals surface area contributed by atoms with Crippen LogP contribution in [0.3, 0.4) is 0 Å². The van der Waals surface area contributed by atoms with Crippen LogP contribution in [0.4, 0.5) is 0 Å². The van der Waals surface area contributed by atoms with Crippen LogP contribution >= 0.6 is 0 Å². The molecule has 0 aliphatic carbocycles. The molecule has 0 spiro atoms. The van der Waals surface area contributed by atoms with E-state index in [0.29, 0.717) is 6.10 Å². The van der Waals surface area contributed by atoms with Gasteiger partial charge >= 0.3 is 0 Å². The van der Waals surface area contributed by atoms with Gasteiger partial charge < -0.3 is 4.74 Å². The van der Waals surface area contributed by atoms with Crippen molar-refractivity contribution in [1.82, 2.24) is 0 Å². The van der Waals surface area contributed by atoms with Crippen molar-refractivity contribution >= 4 is 0 Å². The standard InChI is InChI=1S/C9H20O/c1-5-9(4)6-7-10-8(2)3/h8-9H,5-7H2,1-4H3. The molecule has 1 atom stereocenters.